The molecule has 0 aliphatic heterocycles. The number of nitrogens with one attached hydrogen (secondary N) is 2. The number of carbonyl (C=O) groups is 2. The van der Waals surface area contributed by atoms with Crippen molar-refractivity contribution in [3.8, 4) is 0 Å². The molecule has 1 aromatic heterocycles. The Labute approximate surface area is 134 Å². The first kappa shape index (κ1) is 16.8. The van der Waals surface area contributed by atoms with Crippen molar-refractivity contribution in [2.75, 3.05) is 5.32 Å². The van der Waals surface area contributed by atoms with Gasteiger partial charge in [0, 0.05) is 30.6 Å². The van der Waals surface area contributed by atoms with E-state index in [1.807, 2.05) is 6.92 Å². The number of aliphatic hydroxyl groups is 1. The van der Waals surface area contributed by atoms with Gasteiger partial charge in [0.15, 0.2) is 0 Å². The molecule has 122 valence electrons. The third kappa shape index (κ3) is 4.96. The van der Waals surface area contributed by atoms with Crippen molar-refractivity contribution in [2.45, 2.75) is 32.4 Å². The lowest BCUT2D eigenvalue weighted by atomic mass is 10.1. The van der Waals surface area contributed by atoms with Crippen LogP contribution in [0, 0.1) is 0 Å². The summed E-state index contributed by atoms with van der Waals surface area (Å²) in [5, 5.41) is 15.5. The molecule has 2 rings (SSSR count). The largest absolute Gasteiger partial charge is 0.467 e. The van der Waals surface area contributed by atoms with Crippen molar-refractivity contribution in [1.29, 1.82) is 0 Å². The lowest BCUT2D eigenvalue weighted by Gasteiger charge is -2.17. The number of benzene rings is 1. The van der Waals surface area contributed by atoms with Crippen LogP contribution in [-0.4, -0.2) is 23.0 Å². The lowest BCUT2D eigenvalue weighted by Crippen LogP contribution is -2.33. The van der Waals surface area contributed by atoms with Crippen LogP contribution in [0.15, 0.2) is 47.1 Å². The van der Waals surface area contributed by atoms with E-state index in [1.54, 1.807) is 36.4 Å². The molecule has 1 heterocycles. The van der Waals surface area contributed by atoms with Crippen molar-refractivity contribution < 1.29 is 19.1 Å². The Kier molecular flexibility index (Phi) is 5.54. The molecule has 3 N–H and O–H groups in total. The van der Waals surface area contributed by atoms with Gasteiger partial charge in [-0.1, -0.05) is 0 Å². The van der Waals surface area contributed by atoms with Gasteiger partial charge in [-0.25, -0.2) is 0 Å². The minimum absolute atomic E-state index is 0.164. The Bertz CT molecular complexity index is 650. The Morgan fingerprint density at radius 1 is 1.22 bits per heavy atom. The molecule has 0 aliphatic carbocycles. The van der Waals surface area contributed by atoms with Crippen molar-refractivity contribution in [1.82, 2.24) is 5.32 Å². The highest BCUT2D eigenvalue weighted by Gasteiger charge is 2.17. The molecular weight excluding hydrogens is 296 g/mol. The van der Waals surface area contributed by atoms with Gasteiger partial charge in [0.05, 0.1) is 6.26 Å². The van der Waals surface area contributed by atoms with Gasteiger partial charge in [-0.3, -0.25) is 9.59 Å². The number of hydrogen-bond donors (Lipinski definition) is 3. The highest BCUT2D eigenvalue weighted by atomic mass is 16.4. The van der Waals surface area contributed by atoms with Crippen LogP contribution in [0.5, 0.6) is 0 Å². The maximum Gasteiger partial charge on any atom is 0.251 e. The minimum atomic E-state index is -0.762. The summed E-state index contributed by atoms with van der Waals surface area (Å²) in [6.07, 6.45) is 1.09. The van der Waals surface area contributed by atoms with E-state index in [4.69, 9.17) is 4.42 Å². The van der Waals surface area contributed by atoms with E-state index in [1.165, 1.54) is 13.2 Å². The standard InChI is InChI=1S/C17H20N2O4/c1-11(10-15(21)16-4-3-9-23-16)18-17(22)13-5-7-14(8-6-13)19-12(2)20/h3-9,11,15,21H,10H2,1-2H3,(H,18,22)(H,19,20). The van der Waals surface area contributed by atoms with Gasteiger partial charge in [0.2, 0.25) is 5.91 Å². The van der Waals surface area contributed by atoms with Crippen molar-refractivity contribution in [3.05, 3.63) is 54.0 Å². The predicted octanol–water partition coefficient (Wildman–Crippen LogP) is 2.48. The van der Waals surface area contributed by atoms with Crippen molar-refractivity contribution >= 4 is 17.5 Å². The van der Waals surface area contributed by atoms with Gasteiger partial charge in [0.25, 0.3) is 5.91 Å². The summed E-state index contributed by atoms with van der Waals surface area (Å²) < 4.78 is 5.13. The molecule has 0 saturated heterocycles. The summed E-state index contributed by atoms with van der Waals surface area (Å²) in [7, 11) is 0. The van der Waals surface area contributed by atoms with Crippen LogP contribution in [0.25, 0.3) is 0 Å². The highest BCUT2D eigenvalue weighted by Crippen LogP contribution is 2.18. The number of carbonyl (C=O) groups excluding carboxylic acids is 2. The summed E-state index contributed by atoms with van der Waals surface area (Å²) in [6, 6.07) is 9.78. The number of furan rings is 1. The molecule has 0 aliphatic rings. The van der Waals surface area contributed by atoms with Gasteiger partial charge in [-0.2, -0.15) is 0 Å². The predicted molar refractivity (Wildman–Crippen MR) is 86.0 cm³/mol. The Balaban J connectivity index is 1.89. The number of hydrogen-bond acceptors (Lipinski definition) is 4. The molecule has 23 heavy (non-hydrogen) atoms. The van der Waals surface area contributed by atoms with Gasteiger partial charge in [-0.05, 0) is 43.3 Å². The smallest absolute Gasteiger partial charge is 0.251 e. The van der Waals surface area contributed by atoms with Crippen LogP contribution in [0.3, 0.4) is 0 Å². The molecule has 0 radical (unpaired) electrons. The molecule has 2 aromatic rings. The van der Waals surface area contributed by atoms with Crippen LogP contribution in [-0.2, 0) is 4.79 Å². The summed E-state index contributed by atoms with van der Waals surface area (Å²) in [5.41, 5.74) is 1.12. The zero-order chi connectivity index (χ0) is 16.8. The number of anilines is 1. The first-order valence-electron chi connectivity index (χ1n) is 7.35. The van der Waals surface area contributed by atoms with Crippen LogP contribution in [0.4, 0.5) is 5.69 Å². The lowest BCUT2D eigenvalue weighted by molar-refractivity contribution is -0.114. The number of rotatable bonds is 6. The molecule has 0 spiro atoms. The summed E-state index contributed by atoms with van der Waals surface area (Å²) >= 11 is 0. The molecule has 0 fully saturated rings. The van der Waals surface area contributed by atoms with E-state index in [-0.39, 0.29) is 17.9 Å². The van der Waals surface area contributed by atoms with Crippen LogP contribution >= 0.6 is 0 Å². The maximum atomic E-state index is 12.2. The second-order valence-electron chi connectivity index (χ2n) is 5.40. The summed E-state index contributed by atoms with van der Waals surface area (Å²) in [6.45, 7) is 3.24. The maximum absolute atomic E-state index is 12.2. The fourth-order valence-electron chi connectivity index (χ4n) is 2.21. The summed E-state index contributed by atoms with van der Waals surface area (Å²) in [5.74, 6) is 0.0759. The van der Waals surface area contributed by atoms with Gasteiger partial charge < -0.3 is 20.2 Å². The number of amides is 2. The molecule has 2 amide bonds. The number of aliphatic hydroxyl groups excluding tert-OH is 1. The minimum Gasteiger partial charge on any atom is -0.467 e. The molecule has 2 atom stereocenters. The van der Waals surface area contributed by atoms with Gasteiger partial charge in [0.1, 0.15) is 11.9 Å². The van der Waals surface area contributed by atoms with E-state index in [0.717, 1.165) is 0 Å². The Hall–Kier alpha value is -2.60. The fourth-order valence-corrected chi connectivity index (χ4v) is 2.21. The van der Waals surface area contributed by atoms with E-state index >= 15 is 0 Å². The first-order valence-corrected chi connectivity index (χ1v) is 7.35. The molecule has 6 heteroatoms. The molecule has 0 bridgehead atoms. The third-order valence-electron chi connectivity index (χ3n) is 3.29. The molecular formula is C17H20N2O4. The molecule has 6 nitrogen and oxygen atoms in total. The average Bonchev–Trinajstić information content (AvgIpc) is 3.01. The second kappa shape index (κ2) is 7.60. The molecule has 1 aromatic carbocycles. The van der Waals surface area contributed by atoms with Crippen LogP contribution < -0.4 is 10.6 Å². The Morgan fingerprint density at radius 2 is 1.91 bits per heavy atom. The highest BCUT2D eigenvalue weighted by molar-refractivity contribution is 5.95. The van der Waals surface area contributed by atoms with Crippen molar-refractivity contribution in [2.24, 2.45) is 0 Å². The quantitative estimate of drug-likeness (QED) is 0.763. The molecule has 0 saturated carbocycles. The van der Waals surface area contributed by atoms with E-state index in [2.05, 4.69) is 10.6 Å². The SMILES string of the molecule is CC(=O)Nc1ccc(C(=O)NC(C)CC(O)c2ccco2)cc1. The average molecular weight is 316 g/mol. The van der Waals surface area contributed by atoms with Crippen molar-refractivity contribution in [3.63, 3.8) is 0 Å². The van der Waals surface area contributed by atoms with E-state index in [0.29, 0.717) is 23.4 Å². The van der Waals surface area contributed by atoms with Crippen LogP contribution in [0.2, 0.25) is 0 Å². The van der Waals surface area contributed by atoms with Gasteiger partial charge >= 0.3 is 0 Å². The zero-order valence-electron chi connectivity index (χ0n) is 13.1. The Morgan fingerprint density at radius 3 is 2.48 bits per heavy atom. The first-order chi connectivity index (χ1) is 11.0. The zero-order valence-corrected chi connectivity index (χ0v) is 13.1. The third-order valence-corrected chi connectivity index (χ3v) is 3.29. The topological polar surface area (TPSA) is 91.6 Å². The normalized spacial score (nSPS) is 13.2. The second-order valence-corrected chi connectivity index (χ2v) is 5.40. The van der Waals surface area contributed by atoms with E-state index < -0.39 is 6.10 Å². The molecule has 2 unspecified atom stereocenters. The van der Waals surface area contributed by atoms with E-state index in [9.17, 15) is 14.7 Å². The van der Waals surface area contributed by atoms with Crippen LogP contribution in [0.1, 0.15) is 42.5 Å². The van der Waals surface area contributed by atoms with Gasteiger partial charge in [-0.15, -0.1) is 0 Å². The monoisotopic (exact) mass is 316 g/mol. The summed E-state index contributed by atoms with van der Waals surface area (Å²) in [4.78, 5) is 23.1. The fraction of sp³-hybridized carbons (Fsp3) is 0.294.